The molecule has 0 unspecified atom stereocenters. The van der Waals surface area contributed by atoms with Gasteiger partial charge in [-0.15, -0.1) is 13.2 Å². The molecule has 0 saturated heterocycles. The molecule has 0 saturated carbocycles. The van der Waals surface area contributed by atoms with E-state index in [0.717, 1.165) is 24.3 Å². The standard InChI is InChI=1S/C23H23F5N4O2/c1-13(2)20(12-33)31-22-30-19(15-4-3-5-18(8-15)34-23(26,27)28)10-21(32-22)29-11-14-6-16(24)9-17(25)7-14/h3-10,13,20,33H,11-12H2,1-2H3,(H2,29,30,31,32)/t20-/m1/s1. The Morgan fingerprint density at radius 3 is 2.32 bits per heavy atom. The van der Waals surface area contributed by atoms with E-state index in [1.165, 1.54) is 18.2 Å². The molecular weight excluding hydrogens is 459 g/mol. The van der Waals surface area contributed by atoms with Gasteiger partial charge < -0.3 is 20.5 Å². The van der Waals surface area contributed by atoms with Gasteiger partial charge in [-0.3, -0.25) is 0 Å². The number of nitrogens with zero attached hydrogens (tertiary/aromatic N) is 2. The van der Waals surface area contributed by atoms with Crippen LogP contribution in [0.1, 0.15) is 19.4 Å². The number of benzene rings is 2. The second-order valence-electron chi connectivity index (χ2n) is 7.85. The maximum Gasteiger partial charge on any atom is 0.573 e. The van der Waals surface area contributed by atoms with Crippen molar-refractivity contribution in [2.75, 3.05) is 17.2 Å². The largest absolute Gasteiger partial charge is 0.573 e. The monoisotopic (exact) mass is 482 g/mol. The van der Waals surface area contributed by atoms with Crippen LogP contribution in [0, 0.1) is 17.6 Å². The third kappa shape index (κ3) is 7.27. The fraction of sp³-hybridized carbons (Fsp3) is 0.304. The van der Waals surface area contributed by atoms with Gasteiger partial charge in [0.2, 0.25) is 5.95 Å². The van der Waals surface area contributed by atoms with E-state index in [0.29, 0.717) is 11.1 Å². The van der Waals surface area contributed by atoms with Gasteiger partial charge in [0.05, 0.1) is 18.3 Å². The van der Waals surface area contributed by atoms with Crippen LogP contribution in [0.2, 0.25) is 0 Å². The maximum atomic E-state index is 13.5. The van der Waals surface area contributed by atoms with Crippen LogP contribution in [0.4, 0.5) is 33.7 Å². The molecule has 1 atom stereocenters. The van der Waals surface area contributed by atoms with Crippen LogP contribution in [0.5, 0.6) is 5.75 Å². The fourth-order valence-corrected chi connectivity index (χ4v) is 3.10. The minimum Gasteiger partial charge on any atom is -0.406 e. The van der Waals surface area contributed by atoms with Crippen LogP contribution in [0.3, 0.4) is 0 Å². The number of aliphatic hydroxyl groups is 1. The van der Waals surface area contributed by atoms with E-state index >= 15 is 0 Å². The third-order valence-electron chi connectivity index (χ3n) is 4.80. The highest BCUT2D eigenvalue weighted by molar-refractivity contribution is 5.66. The number of hydrogen-bond donors (Lipinski definition) is 3. The second kappa shape index (κ2) is 10.6. The van der Waals surface area contributed by atoms with Crippen molar-refractivity contribution in [3.05, 3.63) is 65.7 Å². The lowest BCUT2D eigenvalue weighted by atomic mass is 10.1. The van der Waals surface area contributed by atoms with Gasteiger partial charge in [-0.25, -0.2) is 13.8 Å². The molecule has 0 aliphatic rings. The van der Waals surface area contributed by atoms with Crippen LogP contribution in [0.15, 0.2) is 48.5 Å². The van der Waals surface area contributed by atoms with Crippen LogP contribution < -0.4 is 15.4 Å². The molecule has 1 aromatic heterocycles. The van der Waals surface area contributed by atoms with Gasteiger partial charge in [0.15, 0.2) is 0 Å². The summed E-state index contributed by atoms with van der Waals surface area (Å²) in [6.07, 6.45) is -4.85. The molecule has 0 spiro atoms. The van der Waals surface area contributed by atoms with Gasteiger partial charge in [0.1, 0.15) is 23.2 Å². The predicted molar refractivity (Wildman–Crippen MR) is 117 cm³/mol. The smallest absolute Gasteiger partial charge is 0.406 e. The summed E-state index contributed by atoms with van der Waals surface area (Å²) in [5.74, 6) is -1.50. The molecule has 0 fully saturated rings. The van der Waals surface area contributed by atoms with Crippen molar-refractivity contribution in [3.8, 4) is 17.0 Å². The van der Waals surface area contributed by atoms with E-state index in [9.17, 15) is 27.1 Å². The Hall–Kier alpha value is -3.47. The van der Waals surface area contributed by atoms with E-state index in [-0.39, 0.29) is 42.6 Å². The Kier molecular flexibility index (Phi) is 7.87. The van der Waals surface area contributed by atoms with Crippen LogP contribution in [0.25, 0.3) is 11.3 Å². The lowest BCUT2D eigenvalue weighted by molar-refractivity contribution is -0.274. The molecule has 11 heteroatoms. The highest BCUT2D eigenvalue weighted by Gasteiger charge is 2.31. The summed E-state index contributed by atoms with van der Waals surface area (Å²) in [4.78, 5) is 8.69. The number of ether oxygens (including phenoxy) is 1. The van der Waals surface area contributed by atoms with E-state index in [1.807, 2.05) is 13.8 Å². The summed E-state index contributed by atoms with van der Waals surface area (Å²) < 4.78 is 68.9. The number of alkyl halides is 3. The molecule has 3 rings (SSSR count). The Morgan fingerprint density at radius 2 is 1.71 bits per heavy atom. The van der Waals surface area contributed by atoms with E-state index in [1.54, 1.807) is 6.07 Å². The summed E-state index contributed by atoms with van der Waals surface area (Å²) in [6, 6.07) is 9.45. The van der Waals surface area contributed by atoms with Crippen molar-refractivity contribution >= 4 is 11.8 Å². The van der Waals surface area contributed by atoms with Crippen molar-refractivity contribution in [2.24, 2.45) is 5.92 Å². The Labute approximate surface area is 192 Å². The lowest BCUT2D eigenvalue weighted by Gasteiger charge is -2.21. The van der Waals surface area contributed by atoms with Gasteiger partial charge in [-0.1, -0.05) is 26.0 Å². The molecule has 6 nitrogen and oxygen atoms in total. The van der Waals surface area contributed by atoms with Crippen LogP contribution in [-0.4, -0.2) is 34.1 Å². The minimum atomic E-state index is -4.85. The molecule has 182 valence electrons. The van der Waals surface area contributed by atoms with Gasteiger partial charge in [-0.05, 0) is 35.7 Å². The zero-order valence-corrected chi connectivity index (χ0v) is 18.3. The average Bonchev–Trinajstić information content (AvgIpc) is 2.74. The molecule has 0 amide bonds. The number of rotatable bonds is 9. The highest BCUT2D eigenvalue weighted by Crippen LogP contribution is 2.29. The van der Waals surface area contributed by atoms with Crippen molar-refractivity contribution < 1.29 is 31.8 Å². The summed E-state index contributed by atoms with van der Waals surface area (Å²) in [6.45, 7) is 3.58. The van der Waals surface area contributed by atoms with Gasteiger partial charge in [-0.2, -0.15) is 4.98 Å². The first kappa shape index (κ1) is 25.2. The molecule has 1 heterocycles. The van der Waals surface area contributed by atoms with Gasteiger partial charge in [0, 0.05) is 24.2 Å². The molecule has 2 aromatic carbocycles. The van der Waals surface area contributed by atoms with Gasteiger partial charge >= 0.3 is 6.36 Å². The first-order valence-electron chi connectivity index (χ1n) is 10.3. The van der Waals surface area contributed by atoms with Crippen LogP contribution in [-0.2, 0) is 6.54 Å². The number of nitrogens with one attached hydrogen (secondary N) is 2. The second-order valence-corrected chi connectivity index (χ2v) is 7.85. The summed E-state index contributed by atoms with van der Waals surface area (Å²) in [7, 11) is 0. The Morgan fingerprint density at radius 1 is 1.00 bits per heavy atom. The number of aliphatic hydroxyl groups excluding tert-OH is 1. The summed E-state index contributed by atoms with van der Waals surface area (Å²) in [5, 5.41) is 15.6. The minimum absolute atomic E-state index is 0.0208. The first-order chi connectivity index (χ1) is 16.0. The van der Waals surface area contributed by atoms with E-state index in [2.05, 4.69) is 25.3 Å². The molecule has 0 bridgehead atoms. The molecule has 0 radical (unpaired) electrons. The van der Waals surface area contributed by atoms with Crippen molar-refractivity contribution in [3.63, 3.8) is 0 Å². The molecular formula is C23H23F5N4O2. The maximum absolute atomic E-state index is 13.5. The van der Waals surface area contributed by atoms with Crippen molar-refractivity contribution in [1.82, 2.24) is 9.97 Å². The number of hydrogen-bond acceptors (Lipinski definition) is 6. The first-order valence-corrected chi connectivity index (χ1v) is 10.3. The summed E-state index contributed by atoms with van der Waals surface area (Å²) in [5.41, 5.74) is 0.902. The number of halogens is 5. The Balaban J connectivity index is 1.94. The van der Waals surface area contributed by atoms with Gasteiger partial charge in [0.25, 0.3) is 0 Å². The normalized spacial score (nSPS) is 12.5. The quantitative estimate of drug-likeness (QED) is 0.357. The van der Waals surface area contributed by atoms with E-state index < -0.39 is 23.7 Å². The van der Waals surface area contributed by atoms with Crippen molar-refractivity contribution in [2.45, 2.75) is 32.8 Å². The molecule has 3 aromatic rings. The molecule has 34 heavy (non-hydrogen) atoms. The average molecular weight is 482 g/mol. The topological polar surface area (TPSA) is 79.3 Å². The lowest BCUT2D eigenvalue weighted by Crippen LogP contribution is -2.30. The predicted octanol–water partition coefficient (Wildman–Crippen LogP) is 5.36. The fourth-order valence-electron chi connectivity index (χ4n) is 3.10. The van der Waals surface area contributed by atoms with E-state index in [4.69, 9.17) is 0 Å². The zero-order chi connectivity index (χ0) is 24.9. The molecule has 0 aliphatic carbocycles. The van der Waals surface area contributed by atoms with Crippen LogP contribution >= 0.6 is 0 Å². The number of aromatic nitrogens is 2. The Bertz CT molecular complexity index is 1100. The zero-order valence-electron chi connectivity index (χ0n) is 18.3. The third-order valence-corrected chi connectivity index (χ3v) is 4.80. The summed E-state index contributed by atoms with van der Waals surface area (Å²) >= 11 is 0. The molecule has 3 N–H and O–H groups in total. The SMILES string of the molecule is CC(C)[C@@H](CO)Nc1nc(NCc2cc(F)cc(F)c2)cc(-c2cccc(OC(F)(F)F)c2)n1. The number of anilines is 2. The molecule has 0 aliphatic heterocycles. The van der Waals surface area contributed by atoms with Crippen molar-refractivity contribution in [1.29, 1.82) is 0 Å². The highest BCUT2D eigenvalue weighted by atomic mass is 19.4.